The van der Waals surface area contributed by atoms with Gasteiger partial charge in [-0.25, -0.2) is 4.79 Å². The van der Waals surface area contributed by atoms with Crippen molar-refractivity contribution in [3.05, 3.63) is 46.2 Å². The Morgan fingerprint density at radius 1 is 1.29 bits per heavy atom. The van der Waals surface area contributed by atoms with Gasteiger partial charge in [-0.15, -0.1) is 11.3 Å². The fourth-order valence-electron chi connectivity index (χ4n) is 1.88. The highest BCUT2D eigenvalue weighted by Crippen LogP contribution is 2.23. The Morgan fingerprint density at radius 3 is 2.76 bits per heavy atom. The summed E-state index contributed by atoms with van der Waals surface area (Å²) >= 11 is 1.23. The first-order valence-corrected chi connectivity index (χ1v) is 7.29. The van der Waals surface area contributed by atoms with E-state index < -0.39 is 5.97 Å². The summed E-state index contributed by atoms with van der Waals surface area (Å²) in [5, 5.41) is 4.46. The summed E-state index contributed by atoms with van der Waals surface area (Å²) in [6, 6.07) is 9.13. The number of methoxy groups -OCH3 is 1. The van der Waals surface area contributed by atoms with E-state index in [0.29, 0.717) is 29.1 Å². The van der Waals surface area contributed by atoms with Gasteiger partial charge in [-0.05, 0) is 29.5 Å². The number of para-hydroxylation sites is 1. The summed E-state index contributed by atoms with van der Waals surface area (Å²) < 4.78 is 4.67. The molecule has 0 bridgehead atoms. The second-order valence-corrected chi connectivity index (χ2v) is 5.32. The SMILES string of the molecule is COC(=O)c1sccc1NC(=O)CCc1ccccc1N. The standard InChI is InChI=1S/C15H16N2O3S/c1-20-15(19)14-12(8-9-21-14)17-13(18)7-6-10-4-2-3-5-11(10)16/h2-5,8-9H,6-7,16H2,1H3,(H,17,18). The Kier molecular flexibility index (Phi) is 4.94. The number of hydrogen-bond acceptors (Lipinski definition) is 5. The lowest BCUT2D eigenvalue weighted by molar-refractivity contribution is -0.116. The Balaban J connectivity index is 1.95. The Hall–Kier alpha value is -2.34. The molecule has 0 aliphatic heterocycles. The highest BCUT2D eigenvalue weighted by molar-refractivity contribution is 7.12. The maximum atomic E-state index is 12.0. The number of benzene rings is 1. The van der Waals surface area contributed by atoms with Crippen molar-refractivity contribution in [2.75, 3.05) is 18.2 Å². The first-order valence-electron chi connectivity index (χ1n) is 6.41. The molecule has 0 aliphatic rings. The molecule has 1 heterocycles. The zero-order valence-corrected chi connectivity index (χ0v) is 12.4. The largest absolute Gasteiger partial charge is 0.465 e. The number of nitrogens with one attached hydrogen (secondary N) is 1. The van der Waals surface area contributed by atoms with Gasteiger partial charge in [0.1, 0.15) is 4.88 Å². The average Bonchev–Trinajstić information content (AvgIpc) is 2.93. The molecule has 110 valence electrons. The van der Waals surface area contributed by atoms with Crippen molar-refractivity contribution >= 4 is 34.6 Å². The van der Waals surface area contributed by atoms with Gasteiger partial charge in [0.2, 0.25) is 5.91 Å². The topological polar surface area (TPSA) is 81.4 Å². The molecule has 3 N–H and O–H groups in total. The van der Waals surface area contributed by atoms with Crippen LogP contribution in [0, 0.1) is 0 Å². The summed E-state index contributed by atoms with van der Waals surface area (Å²) in [5.41, 5.74) is 7.93. The molecule has 21 heavy (non-hydrogen) atoms. The van der Waals surface area contributed by atoms with Crippen molar-refractivity contribution in [1.29, 1.82) is 0 Å². The Labute approximate surface area is 126 Å². The molecule has 6 heteroatoms. The predicted molar refractivity (Wildman–Crippen MR) is 83.5 cm³/mol. The van der Waals surface area contributed by atoms with E-state index in [1.807, 2.05) is 24.3 Å². The van der Waals surface area contributed by atoms with Gasteiger partial charge in [0.25, 0.3) is 0 Å². The van der Waals surface area contributed by atoms with Crippen LogP contribution in [0.15, 0.2) is 35.7 Å². The van der Waals surface area contributed by atoms with Gasteiger partial charge < -0.3 is 15.8 Å². The second kappa shape index (κ2) is 6.90. The first-order chi connectivity index (χ1) is 10.1. The van der Waals surface area contributed by atoms with Crippen LogP contribution < -0.4 is 11.1 Å². The maximum absolute atomic E-state index is 12.0. The minimum absolute atomic E-state index is 0.165. The van der Waals surface area contributed by atoms with E-state index >= 15 is 0 Å². The Morgan fingerprint density at radius 2 is 2.05 bits per heavy atom. The summed E-state index contributed by atoms with van der Waals surface area (Å²) in [4.78, 5) is 23.9. The van der Waals surface area contributed by atoms with Crippen LogP contribution in [0.1, 0.15) is 21.7 Å². The van der Waals surface area contributed by atoms with E-state index in [2.05, 4.69) is 10.1 Å². The molecule has 2 rings (SSSR count). The molecule has 1 aromatic heterocycles. The van der Waals surface area contributed by atoms with Crippen LogP contribution in [0.3, 0.4) is 0 Å². The lowest BCUT2D eigenvalue weighted by atomic mass is 10.1. The average molecular weight is 304 g/mol. The molecule has 0 aliphatic carbocycles. The van der Waals surface area contributed by atoms with Crippen LogP contribution >= 0.6 is 11.3 Å². The number of nitrogen functional groups attached to an aromatic ring is 1. The molecule has 0 spiro atoms. The minimum atomic E-state index is -0.451. The number of esters is 1. The highest BCUT2D eigenvalue weighted by Gasteiger charge is 2.15. The van der Waals surface area contributed by atoms with E-state index in [4.69, 9.17) is 5.73 Å². The summed E-state index contributed by atoms with van der Waals surface area (Å²) in [6.07, 6.45) is 0.848. The summed E-state index contributed by atoms with van der Waals surface area (Å²) in [5.74, 6) is -0.616. The van der Waals surface area contributed by atoms with E-state index in [9.17, 15) is 9.59 Å². The van der Waals surface area contributed by atoms with Crippen LogP contribution in [-0.2, 0) is 16.0 Å². The van der Waals surface area contributed by atoms with Crippen molar-refractivity contribution in [2.24, 2.45) is 0 Å². The third-order valence-electron chi connectivity index (χ3n) is 2.99. The van der Waals surface area contributed by atoms with Gasteiger partial charge in [0.15, 0.2) is 0 Å². The normalized spacial score (nSPS) is 10.1. The molecule has 2 aromatic rings. The zero-order chi connectivity index (χ0) is 15.2. The fourth-order valence-corrected chi connectivity index (χ4v) is 2.65. The number of anilines is 2. The number of carbonyl (C=O) groups excluding carboxylic acids is 2. The summed E-state index contributed by atoms with van der Waals surface area (Å²) in [7, 11) is 1.31. The van der Waals surface area contributed by atoms with Crippen molar-refractivity contribution in [1.82, 2.24) is 0 Å². The smallest absolute Gasteiger partial charge is 0.350 e. The van der Waals surface area contributed by atoms with Crippen molar-refractivity contribution in [3.63, 3.8) is 0 Å². The molecular weight excluding hydrogens is 288 g/mol. The number of amides is 1. The predicted octanol–water partition coefficient (Wildman–Crippen LogP) is 2.69. The van der Waals surface area contributed by atoms with Crippen LogP contribution in [0.25, 0.3) is 0 Å². The lowest BCUT2D eigenvalue weighted by Crippen LogP contribution is -2.14. The monoisotopic (exact) mass is 304 g/mol. The number of aryl methyl sites for hydroxylation is 1. The van der Waals surface area contributed by atoms with Gasteiger partial charge in [0, 0.05) is 12.1 Å². The van der Waals surface area contributed by atoms with Crippen LogP contribution in [0.4, 0.5) is 11.4 Å². The minimum Gasteiger partial charge on any atom is -0.465 e. The van der Waals surface area contributed by atoms with E-state index in [1.165, 1.54) is 18.4 Å². The molecule has 1 aromatic carbocycles. The molecular formula is C15H16N2O3S. The lowest BCUT2D eigenvalue weighted by Gasteiger charge is -2.07. The number of rotatable bonds is 5. The van der Waals surface area contributed by atoms with Crippen molar-refractivity contribution in [3.8, 4) is 0 Å². The van der Waals surface area contributed by atoms with Crippen LogP contribution in [0.2, 0.25) is 0 Å². The van der Waals surface area contributed by atoms with Gasteiger partial charge in [-0.1, -0.05) is 18.2 Å². The molecule has 0 saturated heterocycles. The number of carbonyl (C=O) groups is 2. The zero-order valence-electron chi connectivity index (χ0n) is 11.6. The van der Waals surface area contributed by atoms with E-state index in [1.54, 1.807) is 11.4 Å². The number of ether oxygens (including phenoxy) is 1. The van der Waals surface area contributed by atoms with Crippen molar-refractivity contribution in [2.45, 2.75) is 12.8 Å². The van der Waals surface area contributed by atoms with E-state index in [0.717, 1.165) is 5.56 Å². The number of thiophene rings is 1. The fraction of sp³-hybridized carbons (Fsp3) is 0.200. The summed E-state index contributed by atoms with van der Waals surface area (Å²) in [6.45, 7) is 0. The second-order valence-electron chi connectivity index (χ2n) is 4.40. The highest BCUT2D eigenvalue weighted by atomic mass is 32.1. The van der Waals surface area contributed by atoms with Crippen LogP contribution in [-0.4, -0.2) is 19.0 Å². The van der Waals surface area contributed by atoms with Gasteiger partial charge in [-0.3, -0.25) is 4.79 Å². The molecule has 0 fully saturated rings. The Bertz CT molecular complexity index is 652. The third-order valence-corrected chi connectivity index (χ3v) is 3.88. The number of hydrogen-bond donors (Lipinski definition) is 2. The molecule has 0 atom stereocenters. The molecule has 0 radical (unpaired) electrons. The first kappa shape index (κ1) is 15.1. The molecule has 5 nitrogen and oxygen atoms in total. The van der Waals surface area contributed by atoms with E-state index in [-0.39, 0.29) is 5.91 Å². The van der Waals surface area contributed by atoms with Crippen LogP contribution in [0.5, 0.6) is 0 Å². The molecule has 0 saturated carbocycles. The van der Waals surface area contributed by atoms with Gasteiger partial charge in [0.05, 0.1) is 12.8 Å². The molecule has 1 amide bonds. The quantitative estimate of drug-likeness (QED) is 0.657. The molecule has 0 unspecified atom stereocenters. The van der Waals surface area contributed by atoms with Gasteiger partial charge >= 0.3 is 5.97 Å². The number of nitrogens with two attached hydrogens (primary N) is 1. The maximum Gasteiger partial charge on any atom is 0.350 e. The van der Waals surface area contributed by atoms with Crippen molar-refractivity contribution < 1.29 is 14.3 Å². The van der Waals surface area contributed by atoms with Gasteiger partial charge in [-0.2, -0.15) is 0 Å². The third kappa shape index (κ3) is 3.82.